The molecule has 1 aromatic carbocycles. The summed E-state index contributed by atoms with van der Waals surface area (Å²) in [5, 5.41) is 12.3. The average Bonchev–Trinajstić information content (AvgIpc) is 2.86. The van der Waals surface area contributed by atoms with Crippen LogP contribution in [-0.4, -0.2) is 31.4 Å². The lowest BCUT2D eigenvalue weighted by Crippen LogP contribution is -2.26. The molecule has 0 aliphatic rings. The Bertz CT molecular complexity index is 838. The maximum Gasteiger partial charge on any atom is 0.280 e. The summed E-state index contributed by atoms with van der Waals surface area (Å²) in [6.45, 7) is 0.555. The smallest absolute Gasteiger partial charge is 0.280 e. The molecule has 3 rings (SSSR count). The van der Waals surface area contributed by atoms with Gasteiger partial charge in [0.05, 0.1) is 18.4 Å². The van der Waals surface area contributed by atoms with E-state index in [-0.39, 0.29) is 18.7 Å². The largest absolute Gasteiger partial charge is 0.489 e. The minimum Gasteiger partial charge on any atom is -0.489 e. The molecule has 0 fully saturated rings. The number of hydrogen-bond donors (Lipinski definition) is 1. The van der Waals surface area contributed by atoms with Crippen LogP contribution in [0.1, 0.15) is 0 Å². The lowest BCUT2D eigenvalue weighted by molar-refractivity contribution is 0.287. The van der Waals surface area contributed by atoms with Gasteiger partial charge in [0, 0.05) is 7.05 Å². The molecule has 0 amide bonds. The SMILES string of the molecule is Cn1ncc2c(=O)n(CCOc3ccccc3N)nnc21. The minimum absolute atomic E-state index is 0.238. The van der Waals surface area contributed by atoms with Crippen LogP contribution in [-0.2, 0) is 13.6 Å². The molecule has 108 valence electrons. The Balaban J connectivity index is 1.75. The Morgan fingerprint density at radius 2 is 2.14 bits per heavy atom. The zero-order valence-electron chi connectivity index (χ0n) is 11.4. The maximum absolute atomic E-state index is 12.2. The lowest BCUT2D eigenvalue weighted by Gasteiger charge is -2.08. The number of aryl methyl sites for hydroxylation is 1. The average molecular weight is 286 g/mol. The number of para-hydroxylation sites is 2. The van der Waals surface area contributed by atoms with Crippen molar-refractivity contribution >= 4 is 16.7 Å². The number of fused-ring (bicyclic) bond motifs is 1. The van der Waals surface area contributed by atoms with Crippen molar-refractivity contribution in [2.75, 3.05) is 12.3 Å². The predicted molar refractivity (Wildman–Crippen MR) is 76.9 cm³/mol. The molecule has 21 heavy (non-hydrogen) atoms. The summed E-state index contributed by atoms with van der Waals surface area (Å²) < 4.78 is 8.30. The molecule has 0 bridgehead atoms. The van der Waals surface area contributed by atoms with E-state index in [1.165, 1.54) is 15.6 Å². The van der Waals surface area contributed by atoms with Crippen LogP contribution in [0.2, 0.25) is 0 Å². The van der Waals surface area contributed by atoms with Crippen LogP contribution >= 0.6 is 0 Å². The van der Waals surface area contributed by atoms with E-state index in [2.05, 4.69) is 15.4 Å². The van der Waals surface area contributed by atoms with Gasteiger partial charge in [-0.15, -0.1) is 5.10 Å². The van der Waals surface area contributed by atoms with Crippen LogP contribution in [0, 0.1) is 0 Å². The number of aromatic nitrogens is 5. The van der Waals surface area contributed by atoms with Crippen LogP contribution < -0.4 is 16.0 Å². The summed E-state index contributed by atoms with van der Waals surface area (Å²) in [5.41, 5.74) is 6.55. The molecule has 0 saturated carbocycles. The number of benzene rings is 1. The van der Waals surface area contributed by atoms with Crippen molar-refractivity contribution in [1.29, 1.82) is 0 Å². The van der Waals surface area contributed by atoms with E-state index in [4.69, 9.17) is 10.5 Å². The van der Waals surface area contributed by atoms with Gasteiger partial charge in [-0.05, 0) is 12.1 Å². The van der Waals surface area contributed by atoms with Crippen molar-refractivity contribution in [1.82, 2.24) is 24.8 Å². The van der Waals surface area contributed by atoms with E-state index in [1.54, 1.807) is 19.2 Å². The van der Waals surface area contributed by atoms with Gasteiger partial charge in [-0.25, -0.2) is 9.36 Å². The van der Waals surface area contributed by atoms with Crippen molar-refractivity contribution in [3.05, 3.63) is 40.8 Å². The Morgan fingerprint density at radius 1 is 1.33 bits per heavy atom. The van der Waals surface area contributed by atoms with Crippen molar-refractivity contribution in [3.63, 3.8) is 0 Å². The molecule has 0 aliphatic carbocycles. The summed E-state index contributed by atoms with van der Waals surface area (Å²) in [5.74, 6) is 0.584. The van der Waals surface area contributed by atoms with Crippen molar-refractivity contribution in [3.8, 4) is 5.75 Å². The number of nitrogen functional groups attached to an aromatic ring is 1. The fraction of sp³-hybridized carbons (Fsp3) is 0.231. The molecule has 8 heteroatoms. The molecule has 0 unspecified atom stereocenters. The normalized spacial score (nSPS) is 10.9. The van der Waals surface area contributed by atoms with Crippen LogP contribution in [0.4, 0.5) is 5.69 Å². The second-order valence-electron chi connectivity index (χ2n) is 4.51. The Kier molecular flexibility index (Phi) is 3.27. The van der Waals surface area contributed by atoms with E-state index < -0.39 is 0 Å². The first-order valence-corrected chi connectivity index (χ1v) is 6.39. The molecule has 0 atom stereocenters. The third kappa shape index (κ3) is 2.42. The number of nitrogens with two attached hydrogens (primary N) is 1. The van der Waals surface area contributed by atoms with Gasteiger partial charge >= 0.3 is 0 Å². The van der Waals surface area contributed by atoms with E-state index in [0.29, 0.717) is 22.5 Å². The molecule has 2 heterocycles. The van der Waals surface area contributed by atoms with E-state index in [1.807, 2.05) is 12.1 Å². The summed E-state index contributed by atoms with van der Waals surface area (Å²) in [6, 6.07) is 7.19. The second-order valence-corrected chi connectivity index (χ2v) is 4.51. The number of hydrogen-bond acceptors (Lipinski definition) is 6. The molecule has 2 N–H and O–H groups in total. The molecular formula is C13H14N6O2. The Hall–Kier alpha value is -2.90. The summed E-state index contributed by atoms with van der Waals surface area (Å²) in [4.78, 5) is 12.2. The van der Waals surface area contributed by atoms with Crippen molar-refractivity contribution in [2.45, 2.75) is 6.54 Å². The Morgan fingerprint density at radius 3 is 2.95 bits per heavy atom. The molecule has 3 aromatic rings. The van der Waals surface area contributed by atoms with Crippen LogP contribution in [0.15, 0.2) is 35.3 Å². The molecule has 0 radical (unpaired) electrons. The highest BCUT2D eigenvalue weighted by molar-refractivity contribution is 5.72. The van der Waals surface area contributed by atoms with Gasteiger partial charge in [0.25, 0.3) is 5.56 Å². The lowest BCUT2D eigenvalue weighted by atomic mass is 10.3. The second kappa shape index (κ2) is 5.23. The van der Waals surface area contributed by atoms with Gasteiger partial charge in [-0.2, -0.15) is 5.10 Å². The fourth-order valence-electron chi connectivity index (χ4n) is 1.98. The highest BCUT2D eigenvalue weighted by Crippen LogP contribution is 2.19. The standard InChI is InChI=1S/C13H14N6O2/c1-18-12-9(8-15-18)13(20)19(17-16-12)6-7-21-11-5-3-2-4-10(11)14/h2-5,8H,6-7,14H2,1H3. The Labute approximate surface area is 119 Å². The number of rotatable bonds is 4. The monoisotopic (exact) mass is 286 g/mol. The molecule has 0 spiro atoms. The van der Waals surface area contributed by atoms with E-state index >= 15 is 0 Å². The number of anilines is 1. The quantitative estimate of drug-likeness (QED) is 0.687. The van der Waals surface area contributed by atoms with Crippen molar-refractivity contribution in [2.24, 2.45) is 7.05 Å². The van der Waals surface area contributed by atoms with Gasteiger partial charge in [0.1, 0.15) is 17.7 Å². The van der Waals surface area contributed by atoms with Gasteiger partial charge in [-0.3, -0.25) is 4.79 Å². The van der Waals surface area contributed by atoms with E-state index in [9.17, 15) is 4.79 Å². The first kappa shape index (κ1) is 13.1. The highest BCUT2D eigenvalue weighted by atomic mass is 16.5. The number of nitrogens with zero attached hydrogens (tertiary/aromatic N) is 5. The highest BCUT2D eigenvalue weighted by Gasteiger charge is 2.09. The third-order valence-corrected chi connectivity index (χ3v) is 3.10. The topological polar surface area (TPSA) is 101 Å². The van der Waals surface area contributed by atoms with Crippen molar-refractivity contribution < 1.29 is 4.74 Å². The molecular weight excluding hydrogens is 272 g/mol. The first-order valence-electron chi connectivity index (χ1n) is 6.39. The summed E-state index contributed by atoms with van der Waals surface area (Å²) in [7, 11) is 1.71. The van der Waals surface area contributed by atoms with Crippen LogP contribution in [0.5, 0.6) is 5.75 Å². The zero-order valence-corrected chi connectivity index (χ0v) is 11.4. The van der Waals surface area contributed by atoms with Gasteiger partial charge in [-0.1, -0.05) is 17.3 Å². The molecule has 2 aromatic heterocycles. The van der Waals surface area contributed by atoms with Gasteiger partial charge in [0.15, 0.2) is 5.65 Å². The zero-order chi connectivity index (χ0) is 14.8. The van der Waals surface area contributed by atoms with Gasteiger partial charge in [0.2, 0.25) is 0 Å². The van der Waals surface area contributed by atoms with Crippen LogP contribution in [0.3, 0.4) is 0 Å². The predicted octanol–water partition coefficient (Wildman–Crippen LogP) is 0.186. The van der Waals surface area contributed by atoms with E-state index in [0.717, 1.165) is 0 Å². The molecule has 0 aliphatic heterocycles. The fourth-order valence-corrected chi connectivity index (χ4v) is 1.98. The van der Waals surface area contributed by atoms with Crippen LogP contribution in [0.25, 0.3) is 11.0 Å². The number of ether oxygens (including phenoxy) is 1. The summed E-state index contributed by atoms with van der Waals surface area (Å²) in [6.07, 6.45) is 1.49. The third-order valence-electron chi connectivity index (χ3n) is 3.10. The first-order chi connectivity index (χ1) is 10.2. The van der Waals surface area contributed by atoms with Gasteiger partial charge < -0.3 is 10.5 Å². The maximum atomic E-state index is 12.2. The molecule has 8 nitrogen and oxygen atoms in total. The minimum atomic E-state index is -0.238. The summed E-state index contributed by atoms with van der Waals surface area (Å²) >= 11 is 0. The molecule has 0 saturated heterocycles.